The Morgan fingerprint density at radius 1 is 1.36 bits per heavy atom. The minimum Gasteiger partial charge on any atom is -0.356 e. The number of allylic oxidation sites excluding steroid dienone is 1. The fraction of sp³-hybridized carbons (Fsp3) is 0.550. The van der Waals surface area contributed by atoms with Crippen LogP contribution in [0, 0.1) is 17.6 Å². The van der Waals surface area contributed by atoms with Crippen molar-refractivity contribution in [2.24, 2.45) is 5.92 Å². The molecule has 1 unspecified atom stereocenters. The van der Waals surface area contributed by atoms with Gasteiger partial charge in [0.2, 0.25) is 5.91 Å². The van der Waals surface area contributed by atoms with Crippen LogP contribution in [0.4, 0.5) is 8.78 Å². The van der Waals surface area contributed by atoms with Crippen molar-refractivity contribution >= 4 is 5.91 Å². The van der Waals surface area contributed by atoms with E-state index in [-0.39, 0.29) is 5.91 Å². The van der Waals surface area contributed by atoms with Gasteiger partial charge in [-0.25, -0.2) is 8.78 Å². The van der Waals surface area contributed by atoms with Gasteiger partial charge >= 0.3 is 0 Å². The summed E-state index contributed by atoms with van der Waals surface area (Å²) in [6.45, 7) is 8.01. The summed E-state index contributed by atoms with van der Waals surface area (Å²) in [5.74, 6) is -1.28. The summed E-state index contributed by atoms with van der Waals surface area (Å²) in [6.07, 6.45) is 5.14. The highest BCUT2D eigenvalue weighted by molar-refractivity contribution is 5.76. The van der Waals surface area contributed by atoms with Crippen LogP contribution in [0.15, 0.2) is 29.8 Å². The highest BCUT2D eigenvalue weighted by Gasteiger charge is 2.20. The van der Waals surface area contributed by atoms with Crippen molar-refractivity contribution in [3.63, 3.8) is 0 Å². The molecule has 1 aromatic carbocycles. The number of halogens is 2. The van der Waals surface area contributed by atoms with Crippen molar-refractivity contribution in [1.29, 1.82) is 0 Å². The van der Waals surface area contributed by atoms with E-state index in [2.05, 4.69) is 30.1 Å². The van der Waals surface area contributed by atoms with Gasteiger partial charge in [-0.3, -0.25) is 9.69 Å². The first-order valence-electron chi connectivity index (χ1n) is 9.02. The molecule has 138 valence electrons. The van der Waals surface area contributed by atoms with E-state index in [4.69, 9.17) is 0 Å². The van der Waals surface area contributed by atoms with Gasteiger partial charge in [-0.15, -0.1) is 0 Å². The lowest BCUT2D eigenvalue weighted by molar-refractivity contribution is -0.121. The summed E-state index contributed by atoms with van der Waals surface area (Å²) in [6, 6.07) is 3.78. The summed E-state index contributed by atoms with van der Waals surface area (Å²) < 4.78 is 26.1. The van der Waals surface area contributed by atoms with Crippen molar-refractivity contribution in [3.05, 3.63) is 47.0 Å². The first kappa shape index (κ1) is 19.6. The zero-order valence-corrected chi connectivity index (χ0v) is 15.2. The van der Waals surface area contributed by atoms with E-state index in [9.17, 15) is 13.6 Å². The zero-order chi connectivity index (χ0) is 18.2. The molecule has 1 fully saturated rings. The summed E-state index contributed by atoms with van der Waals surface area (Å²) in [5.41, 5.74) is 2.01. The normalized spacial score (nSPS) is 19.0. The molecule has 3 nitrogen and oxygen atoms in total. The third kappa shape index (κ3) is 6.58. The average Bonchev–Trinajstić information content (AvgIpc) is 2.61. The number of aryl methyl sites for hydroxylation is 1. The molecule has 25 heavy (non-hydrogen) atoms. The van der Waals surface area contributed by atoms with Crippen molar-refractivity contribution in [1.82, 2.24) is 10.2 Å². The number of carbonyl (C=O) groups is 1. The molecule has 1 aliphatic rings. The van der Waals surface area contributed by atoms with Crippen LogP contribution >= 0.6 is 0 Å². The molecule has 1 aliphatic heterocycles. The van der Waals surface area contributed by atoms with Crippen molar-refractivity contribution in [3.8, 4) is 0 Å². The molecule has 1 N–H and O–H groups in total. The van der Waals surface area contributed by atoms with E-state index in [1.807, 2.05) is 0 Å². The van der Waals surface area contributed by atoms with E-state index in [0.29, 0.717) is 30.9 Å². The molecule has 0 radical (unpaired) electrons. The third-order valence-electron chi connectivity index (χ3n) is 4.78. The van der Waals surface area contributed by atoms with Gasteiger partial charge in [0.15, 0.2) is 11.6 Å². The lowest BCUT2D eigenvalue weighted by Crippen LogP contribution is -2.41. The van der Waals surface area contributed by atoms with Gasteiger partial charge in [0, 0.05) is 26.1 Å². The number of hydrogen-bond donors (Lipinski definition) is 1. The van der Waals surface area contributed by atoms with Gasteiger partial charge in [0.1, 0.15) is 0 Å². The summed E-state index contributed by atoms with van der Waals surface area (Å²) >= 11 is 0. The van der Waals surface area contributed by atoms with Crippen LogP contribution < -0.4 is 5.32 Å². The molecule has 0 spiro atoms. The minimum atomic E-state index is -0.864. The SMILES string of the molecule is CC=C(C)CN1CCCC(CNC(=O)CCc2ccc(F)c(F)c2)C1. The smallest absolute Gasteiger partial charge is 0.220 e. The topological polar surface area (TPSA) is 32.3 Å². The molecule has 1 aromatic rings. The highest BCUT2D eigenvalue weighted by Crippen LogP contribution is 2.17. The Morgan fingerprint density at radius 2 is 2.16 bits per heavy atom. The van der Waals surface area contributed by atoms with Crippen molar-refractivity contribution in [2.45, 2.75) is 39.5 Å². The molecular weight excluding hydrogens is 322 g/mol. The zero-order valence-electron chi connectivity index (χ0n) is 15.2. The maximum absolute atomic E-state index is 13.2. The Morgan fingerprint density at radius 3 is 2.88 bits per heavy atom. The average molecular weight is 350 g/mol. The Balaban J connectivity index is 1.71. The molecule has 0 bridgehead atoms. The quantitative estimate of drug-likeness (QED) is 0.761. The number of rotatable bonds is 7. The number of hydrogen-bond acceptors (Lipinski definition) is 2. The van der Waals surface area contributed by atoms with E-state index in [0.717, 1.165) is 44.6 Å². The standard InChI is InChI=1S/C20H28F2N2O/c1-3-15(2)13-24-10-4-5-17(14-24)12-23-20(25)9-7-16-6-8-18(21)19(22)11-16/h3,6,8,11,17H,4-5,7,9-10,12-14H2,1-2H3,(H,23,25). The molecule has 2 rings (SSSR count). The lowest BCUT2D eigenvalue weighted by atomic mass is 9.97. The first-order chi connectivity index (χ1) is 12.0. The summed E-state index contributed by atoms with van der Waals surface area (Å²) in [4.78, 5) is 14.5. The summed E-state index contributed by atoms with van der Waals surface area (Å²) in [7, 11) is 0. The van der Waals surface area contributed by atoms with Crippen molar-refractivity contribution < 1.29 is 13.6 Å². The van der Waals surface area contributed by atoms with Crippen LogP contribution in [0.25, 0.3) is 0 Å². The molecule has 5 heteroatoms. The molecule has 1 heterocycles. The molecule has 0 saturated carbocycles. The molecule has 0 aromatic heterocycles. The highest BCUT2D eigenvalue weighted by atomic mass is 19.2. The number of nitrogens with one attached hydrogen (secondary N) is 1. The van der Waals surface area contributed by atoms with Gasteiger partial charge in [-0.1, -0.05) is 17.7 Å². The Kier molecular flexibility index (Phi) is 7.56. The number of likely N-dealkylation sites (tertiary alicyclic amines) is 1. The first-order valence-corrected chi connectivity index (χ1v) is 9.02. The Hall–Kier alpha value is -1.75. The number of nitrogens with zero attached hydrogens (tertiary/aromatic N) is 1. The van der Waals surface area contributed by atoms with Crippen LogP contribution in [0.2, 0.25) is 0 Å². The van der Waals surface area contributed by atoms with E-state index in [1.165, 1.54) is 11.6 Å². The predicted octanol–water partition coefficient (Wildman–Crippen LogP) is 3.69. The number of carbonyl (C=O) groups excluding carboxylic acids is 1. The van der Waals surface area contributed by atoms with Gasteiger partial charge in [-0.05, 0) is 63.3 Å². The molecule has 1 amide bonds. The third-order valence-corrected chi connectivity index (χ3v) is 4.78. The van der Waals surface area contributed by atoms with Crippen LogP contribution in [-0.4, -0.2) is 37.0 Å². The summed E-state index contributed by atoms with van der Waals surface area (Å²) in [5, 5.41) is 2.99. The van der Waals surface area contributed by atoms with E-state index < -0.39 is 11.6 Å². The molecule has 1 atom stereocenters. The maximum atomic E-state index is 13.2. The largest absolute Gasteiger partial charge is 0.356 e. The lowest BCUT2D eigenvalue weighted by Gasteiger charge is -2.33. The monoisotopic (exact) mass is 350 g/mol. The van der Waals surface area contributed by atoms with Crippen LogP contribution in [0.5, 0.6) is 0 Å². The van der Waals surface area contributed by atoms with Gasteiger partial charge in [-0.2, -0.15) is 0 Å². The molecular formula is C20H28F2N2O. The van der Waals surface area contributed by atoms with Gasteiger partial charge < -0.3 is 5.32 Å². The minimum absolute atomic E-state index is 0.0357. The Labute approximate surface area is 149 Å². The van der Waals surface area contributed by atoms with E-state index >= 15 is 0 Å². The fourth-order valence-electron chi connectivity index (χ4n) is 3.21. The second kappa shape index (κ2) is 9.66. The van der Waals surface area contributed by atoms with Crippen LogP contribution in [-0.2, 0) is 11.2 Å². The van der Waals surface area contributed by atoms with E-state index in [1.54, 1.807) is 0 Å². The van der Waals surface area contributed by atoms with Crippen LogP contribution in [0.3, 0.4) is 0 Å². The Bertz CT molecular complexity index is 616. The van der Waals surface area contributed by atoms with Crippen molar-refractivity contribution in [2.75, 3.05) is 26.2 Å². The molecule has 0 aliphatic carbocycles. The fourth-order valence-corrected chi connectivity index (χ4v) is 3.21. The second-order valence-corrected chi connectivity index (χ2v) is 6.93. The predicted molar refractivity (Wildman–Crippen MR) is 96.3 cm³/mol. The molecule has 1 saturated heterocycles. The van der Waals surface area contributed by atoms with Gasteiger partial charge in [0.05, 0.1) is 0 Å². The number of piperidine rings is 1. The number of amides is 1. The second-order valence-electron chi connectivity index (χ2n) is 6.93. The number of benzene rings is 1. The van der Waals surface area contributed by atoms with Gasteiger partial charge in [0.25, 0.3) is 0 Å². The van der Waals surface area contributed by atoms with Crippen LogP contribution in [0.1, 0.15) is 38.7 Å². The maximum Gasteiger partial charge on any atom is 0.220 e.